The standard InChI is InChI=1S/C13H21BrN2O/c1-13(2,15)9-16-7-6-10-8-11(14)4-5-12(10)17-3/h4-5,8,16H,6-7,9,15H2,1-3H3. The molecule has 3 nitrogen and oxygen atoms in total. The lowest BCUT2D eigenvalue weighted by Gasteiger charge is -2.19. The second-order valence-electron chi connectivity index (χ2n) is 4.87. The molecule has 0 aliphatic carbocycles. The Morgan fingerprint density at radius 2 is 2.12 bits per heavy atom. The second-order valence-corrected chi connectivity index (χ2v) is 5.79. The molecule has 1 aromatic rings. The van der Waals surface area contributed by atoms with Crippen LogP contribution in [0.2, 0.25) is 0 Å². The van der Waals surface area contributed by atoms with Crippen LogP contribution < -0.4 is 15.8 Å². The van der Waals surface area contributed by atoms with E-state index in [1.807, 2.05) is 26.0 Å². The summed E-state index contributed by atoms with van der Waals surface area (Å²) in [6.45, 7) is 5.73. The van der Waals surface area contributed by atoms with Crippen LogP contribution in [0.1, 0.15) is 19.4 Å². The summed E-state index contributed by atoms with van der Waals surface area (Å²) in [5.74, 6) is 0.932. The number of nitrogens with one attached hydrogen (secondary N) is 1. The normalized spacial score (nSPS) is 11.6. The van der Waals surface area contributed by atoms with Gasteiger partial charge in [0.2, 0.25) is 0 Å². The Balaban J connectivity index is 2.48. The molecule has 0 radical (unpaired) electrons. The maximum absolute atomic E-state index is 5.90. The van der Waals surface area contributed by atoms with Crippen LogP contribution in [0.4, 0.5) is 0 Å². The van der Waals surface area contributed by atoms with Gasteiger partial charge in [-0.05, 0) is 50.6 Å². The van der Waals surface area contributed by atoms with Crippen molar-refractivity contribution in [1.82, 2.24) is 5.32 Å². The van der Waals surface area contributed by atoms with Gasteiger partial charge in [-0.15, -0.1) is 0 Å². The lowest BCUT2D eigenvalue weighted by Crippen LogP contribution is -2.43. The predicted molar refractivity (Wildman–Crippen MR) is 75.5 cm³/mol. The number of ether oxygens (including phenoxy) is 1. The van der Waals surface area contributed by atoms with Crippen molar-refractivity contribution < 1.29 is 4.74 Å². The fraction of sp³-hybridized carbons (Fsp3) is 0.538. The van der Waals surface area contributed by atoms with E-state index < -0.39 is 0 Å². The van der Waals surface area contributed by atoms with Gasteiger partial charge in [-0.3, -0.25) is 0 Å². The van der Waals surface area contributed by atoms with Gasteiger partial charge in [0.15, 0.2) is 0 Å². The summed E-state index contributed by atoms with van der Waals surface area (Å²) in [4.78, 5) is 0. The third kappa shape index (κ3) is 5.52. The van der Waals surface area contributed by atoms with E-state index in [2.05, 4.69) is 27.3 Å². The molecule has 1 aromatic carbocycles. The van der Waals surface area contributed by atoms with Gasteiger partial charge >= 0.3 is 0 Å². The van der Waals surface area contributed by atoms with Gasteiger partial charge in [0.05, 0.1) is 7.11 Å². The minimum Gasteiger partial charge on any atom is -0.496 e. The second kappa shape index (κ2) is 6.38. The first-order valence-corrected chi connectivity index (χ1v) is 6.54. The highest BCUT2D eigenvalue weighted by Gasteiger charge is 2.09. The zero-order chi connectivity index (χ0) is 12.9. The summed E-state index contributed by atoms with van der Waals surface area (Å²) in [6.07, 6.45) is 0.929. The lowest BCUT2D eigenvalue weighted by molar-refractivity contribution is 0.408. The van der Waals surface area contributed by atoms with Crippen molar-refractivity contribution in [3.63, 3.8) is 0 Å². The number of rotatable bonds is 6. The molecule has 0 saturated heterocycles. The van der Waals surface area contributed by atoms with E-state index in [1.54, 1.807) is 7.11 Å². The molecule has 4 heteroatoms. The van der Waals surface area contributed by atoms with Crippen molar-refractivity contribution in [3.05, 3.63) is 28.2 Å². The molecule has 0 fully saturated rings. The van der Waals surface area contributed by atoms with Gasteiger partial charge in [-0.25, -0.2) is 0 Å². The first-order chi connectivity index (χ1) is 7.92. The molecule has 0 heterocycles. The van der Waals surface area contributed by atoms with Gasteiger partial charge in [0.1, 0.15) is 5.75 Å². The van der Waals surface area contributed by atoms with Gasteiger partial charge in [-0.1, -0.05) is 15.9 Å². The Kier molecular flexibility index (Phi) is 5.43. The molecule has 17 heavy (non-hydrogen) atoms. The van der Waals surface area contributed by atoms with E-state index in [-0.39, 0.29) is 5.54 Å². The van der Waals surface area contributed by atoms with E-state index in [0.29, 0.717) is 0 Å². The van der Waals surface area contributed by atoms with Crippen LogP contribution in [-0.4, -0.2) is 25.7 Å². The molecule has 96 valence electrons. The zero-order valence-corrected chi connectivity index (χ0v) is 12.3. The summed E-state index contributed by atoms with van der Waals surface area (Å²) >= 11 is 3.47. The topological polar surface area (TPSA) is 47.3 Å². The highest BCUT2D eigenvalue weighted by Crippen LogP contribution is 2.23. The molecular weight excluding hydrogens is 280 g/mol. The summed E-state index contributed by atoms with van der Waals surface area (Å²) < 4.78 is 6.40. The molecule has 3 N–H and O–H groups in total. The number of hydrogen-bond acceptors (Lipinski definition) is 3. The van der Waals surface area contributed by atoms with Crippen molar-refractivity contribution in [2.24, 2.45) is 5.73 Å². The highest BCUT2D eigenvalue weighted by molar-refractivity contribution is 9.10. The van der Waals surface area contributed by atoms with E-state index in [0.717, 1.165) is 29.7 Å². The van der Waals surface area contributed by atoms with Crippen LogP contribution in [0.3, 0.4) is 0 Å². The summed E-state index contributed by atoms with van der Waals surface area (Å²) in [5, 5.41) is 3.35. The van der Waals surface area contributed by atoms with Gasteiger partial charge in [-0.2, -0.15) is 0 Å². The molecule has 0 saturated carbocycles. The average molecular weight is 301 g/mol. The van der Waals surface area contributed by atoms with Gasteiger partial charge in [0, 0.05) is 16.6 Å². The molecule has 1 rings (SSSR count). The lowest BCUT2D eigenvalue weighted by atomic mass is 10.1. The summed E-state index contributed by atoms with van der Waals surface area (Å²) in [5.41, 5.74) is 6.93. The minimum absolute atomic E-state index is 0.165. The molecule has 0 aromatic heterocycles. The largest absolute Gasteiger partial charge is 0.496 e. The maximum Gasteiger partial charge on any atom is 0.122 e. The zero-order valence-electron chi connectivity index (χ0n) is 10.7. The van der Waals surface area contributed by atoms with Crippen LogP contribution in [0.15, 0.2) is 22.7 Å². The predicted octanol–water partition coefficient (Wildman–Crippen LogP) is 2.33. The average Bonchev–Trinajstić information content (AvgIpc) is 2.23. The first kappa shape index (κ1) is 14.5. The van der Waals surface area contributed by atoms with Crippen LogP contribution in [0.25, 0.3) is 0 Å². The molecule has 0 amide bonds. The Bertz CT molecular complexity index is 361. The number of benzene rings is 1. The Labute approximate surface area is 112 Å². The van der Waals surface area contributed by atoms with Crippen molar-refractivity contribution in [2.75, 3.05) is 20.2 Å². The Hall–Kier alpha value is -0.580. The number of halogens is 1. The van der Waals surface area contributed by atoms with E-state index in [4.69, 9.17) is 10.5 Å². The molecule has 0 bridgehead atoms. The SMILES string of the molecule is COc1ccc(Br)cc1CCNCC(C)(C)N. The third-order valence-electron chi connectivity index (χ3n) is 2.39. The summed E-state index contributed by atoms with van der Waals surface area (Å²) in [6, 6.07) is 6.05. The molecular formula is C13H21BrN2O. The molecule has 0 aliphatic heterocycles. The quantitative estimate of drug-likeness (QED) is 0.793. The number of methoxy groups -OCH3 is 1. The molecule has 0 unspecified atom stereocenters. The first-order valence-electron chi connectivity index (χ1n) is 5.74. The van der Waals surface area contributed by atoms with Crippen LogP contribution >= 0.6 is 15.9 Å². The van der Waals surface area contributed by atoms with E-state index in [1.165, 1.54) is 5.56 Å². The molecule has 0 spiro atoms. The van der Waals surface area contributed by atoms with Crippen molar-refractivity contribution >= 4 is 15.9 Å². The fourth-order valence-corrected chi connectivity index (χ4v) is 1.98. The Morgan fingerprint density at radius 1 is 1.41 bits per heavy atom. The van der Waals surface area contributed by atoms with Crippen molar-refractivity contribution in [2.45, 2.75) is 25.8 Å². The number of hydrogen-bond donors (Lipinski definition) is 2. The van der Waals surface area contributed by atoms with Crippen LogP contribution in [-0.2, 0) is 6.42 Å². The van der Waals surface area contributed by atoms with Crippen LogP contribution in [0, 0.1) is 0 Å². The molecule has 0 aliphatic rings. The summed E-state index contributed by atoms with van der Waals surface area (Å²) in [7, 11) is 1.70. The van der Waals surface area contributed by atoms with E-state index in [9.17, 15) is 0 Å². The van der Waals surface area contributed by atoms with Gasteiger partial charge in [0.25, 0.3) is 0 Å². The van der Waals surface area contributed by atoms with Crippen molar-refractivity contribution in [1.29, 1.82) is 0 Å². The fourth-order valence-electron chi connectivity index (χ4n) is 1.58. The smallest absolute Gasteiger partial charge is 0.122 e. The van der Waals surface area contributed by atoms with Crippen molar-refractivity contribution in [3.8, 4) is 5.75 Å². The third-order valence-corrected chi connectivity index (χ3v) is 2.89. The number of nitrogens with two attached hydrogens (primary N) is 1. The Morgan fingerprint density at radius 3 is 2.71 bits per heavy atom. The van der Waals surface area contributed by atoms with Gasteiger partial charge < -0.3 is 15.8 Å². The maximum atomic E-state index is 5.90. The molecule has 0 atom stereocenters. The highest BCUT2D eigenvalue weighted by atomic mass is 79.9. The minimum atomic E-state index is -0.165. The monoisotopic (exact) mass is 300 g/mol. The van der Waals surface area contributed by atoms with E-state index >= 15 is 0 Å². The van der Waals surface area contributed by atoms with Crippen LogP contribution in [0.5, 0.6) is 5.75 Å².